The minimum Gasteiger partial charge on any atom is -0.481 e. The number of carbonyl (C=O) groups is 1. The topological polar surface area (TPSA) is 63.1 Å². The van der Waals surface area contributed by atoms with Gasteiger partial charge in [-0.2, -0.15) is 0 Å². The minimum absolute atomic E-state index is 0.301. The third-order valence-corrected chi connectivity index (χ3v) is 2.82. The second kappa shape index (κ2) is 5.14. The summed E-state index contributed by atoms with van der Waals surface area (Å²) in [7, 11) is 0. The summed E-state index contributed by atoms with van der Waals surface area (Å²) in [6, 6.07) is 8.93. The monoisotopic (exact) mass is 262 g/mol. The van der Waals surface area contributed by atoms with Crippen LogP contribution in [0.5, 0.6) is 0 Å². The zero-order valence-electron chi connectivity index (χ0n) is 9.67. The molecule has 1 aromatic carbocycles. The molecule has 0 amide bonds. The van der Waals surface area contributed by atoms with Crippen molar-refractivity contribution in [3.05, 3.63) is 47.4 Å². The number of carboxylic acid groups (broad SMARTS) is 1. The Balaban J connectivity index is 2.38. The van der Waals surface area contributed by atoms with Gasteiger partial charge in [0.2, 0.25) is 0 Å². The van der Waals surface area contributed by atoms with Crippen LogP contribution in [0, 0.1) is 0 Å². The lowest BCUT2D eigenvalue weighted by Gasteiger charge is -2.07. The number of halogens is 1. The molecule has 0 radical (unpaired) electrons. The van der Waals surface area contributed by atoms with E-state index in [0.29, 0.717) is 16.5 Å². The fourth-order valence-corrected chi connectivity index (χ4v) is 1.60. The molecule has 0 spiro atoms. The molecule has 2 rings (SSSR count). The van der Waals surface area contributed by atoms with Crippen LogP contribution in [0.15, 0.2) is 36.5 Å². The smallest absolute Gasteiger partial charge is 0.313 e. The fraction of sp³-hybridized carbons (Fsp3) is 0.154. The van der Waals surface area contributed by atoms with E-state index in [2.05, 4.69) is 9.97 Å². The number of rotatable bonds is 3. The Labute approximate surface area is 109 Å². The van der Waals surface area contributed by atoms with Crippen LogP contribution in [0.25, 0.3) is 11.3 Å². The highest BCUT2D eigenvalue weighted by molar-refractivity contribution is 6.30. The summed E-state index contributed by atoms with van der Waals surface area (Å²) in [5.41, 5.74) is 1.56. The first-order chi connectivity index (χ1) is 8.58. The fourth-order valence-electron chi connectivity index (χ4n) is 1.47. The Hall–Kier alpha value is -1.94. The van der Waals surface area contributed by atoms with Crippen LogP contribution in [0.1, 0.15) is 18.7 Å². The van der Waals surface area contributed by atoms with Gasteiger partial charge >= 0.3 is 5.97 Å². The molecular formula is C13H11ClN2O2. The molecule has 1 atom stereocenters. The van der Waals surface area contributed by atoms with Crippen LogP contribution in [0.4, 0.5) is 0 Å². The van der Waals surface area contributed by atoms with Gasteiger partial charge in [-0.25, -0.2) is 9.97 Å². The normalized spacial score (nSPS) is 12.1. The van der Waals surface area contributed by atoms with Gasteiger partial charge in [0.1, 0.15) is 11.7 Å². The molecule has 1 unspecified atom stereocenters. The van der Waals surface area contributed by atoms with E-state index in [9.17, 15) is 4.79 Å². The van der Waals surface area contributed by atoms with E-state index < -0.39 is 11.9 Å². The van der Waals surface area contributed by atoms with Crippen LogP contribution < -0.4 is 0 Å². The highest BCUT2D eigenvalue weighted by Crippen LogP contribution is 2.21. The number of hydrogen-bond donors (Lipinski definition) is 1. The quantitative estimate of drug-likeness (QED) is 0.924. The average molecular weight is 263 g/mol. The molecule has 2 aromatic rings. The molecule has 5 heteroatoms. The molecule has 0 bridgehead atoms. The first-order valence-corrected chi connectivity index (χ1v) is 5.77. The Morgan fingerprint density at radius 1 is 1.28 bits per heavy atom. The minimum atomic E-state index is -0.941. The van der Waals surface area contributed by atoms with Crippen LogP contribution in [0.3, 0.4) is 0 Å². The molecule has 1 heterocycles. The molecule has 1 N–H and O–H groups in total. The summed E-state index contributed by atoms with van der Waals surface area (Å²) in [6.45, 7) is 1.56. The average Bonchev–Trinajstić information content (AvgIpc) is 2.38. The lowest BCUT2D eigenvalue weighted by Crippen LogP contribution is -2.11. The van der Waals surface area contributed by atoms with E-state index in [0.717, 1.165) is 5.56 Å². The van der Waals surface area contributed by atoms with Gasteiger partial charge in [0.05, 0.1) is 5.69 Å². The molecular weight excluding hydrogens is 252 g/mol. The van der Waals surface area contributed by atoms with Crippen molar-refractivity contribution in [3.63, 3.8) is 0 Å². The molecule has 0 aliphatic heterocycles. The van der Waals surface area contributed by atoms with Gasteiger partial charge in [-0.3, -0.25) is 4.79 Å². The summed E-state index contributed by atoms with van der Waals surface area (Å²) < 4.78 is 0. The third-order valence-electron chi connectivity index (χ3n) is 2.57. The van der Waals surface area contributed by atoms with E-state index in [1.165, 1.54) is 0 Å². The first-order valence-electron chi connectivity index (χ1n) is 5.39. The van der Waals surface area contributed by atoms with E-state index in [1.54, 1.807) is 31.3 Å². The second-order valence-corrected chi connectivity index (χ2v) is 4.30. The van der Waals surface area contributed by atoms with Crippen molar-refractivity contribution >= 4 is 17.6 Å². The number of hydrogen-bond acceptors (Lipinski definition) is 3. The zero-order valence-corrected chi connectivity index (χ0v) is 10.4. The number of aromatic nitrogens is 2. The number of carboxylic acids is 1. The predicted molar refractivity (Wildman–Crippen MR) is 68.5 cm³/mol. The van der Waals surface area contributed by atoms with Gasteiger partial charge in [-0.05, 0) is 25.1 Å². The van der Waals surface area contributed by atoms with Crippen molar-refractivity contribution in [2.45, 2.75) is 12.8 Å². The van der Waals surface area contributed by atoms with E-state index in [4.69, 9.17) is 16.7 Å². The summed E-state index contributed by atoms with van der Waals surface area (Å²) in [5.74, 6) is -1.37. The molecule has 1 aromatic heterocycles. The SMILES string of the molecule is CC(C(=O)O)c1nccc(-c2ccc(Cl)cc2)n1. The number of nitrogens with zero attached hydrogens (tertiary/aromatic N) is 2. The van der Waals surface area contributed by atoms with Crippen LogP contribution in [-0.2, 0) is 4.79 Å². The third kappa shape index (κ3) is 2.65. The molecule has 0 fully saturated rings. The van der Waals surface area contributed by atoms with E-state index in [1.807, 2.05) is 12.1 Å². The molecule has 4 nitrogen and oxygen atoms in total. The van der Waals surface area contributed by atoms with Crippen LogP contribution in [0.2, 0.25) is 5.02 Å². The second-order valence-electron chi connectivity index (χ2n) is 3.87. The maximum absolute atomic E-state index is 10.9. The Morgan fingerprint density at radius 3 is 2.56 bits per heavy atom. The van der Waals surface area contributed by atoms with Crippen molar-refractivity contribution in [2.24, 2.45) is 0 Å². The van der Waals surface area contributed by atoms with Gasteiger partial charge in [0, 0.05) is 16.8 Å². The summed E-state index contributed by atoms with van der Waals surface area (Å²) in [6.07, 6.45) is 1.56. The van der Waals surface area contributed by atoms with E-state index >= 15 is 0 Å². The highest BCUT2D eigenvalue weighted by atomic mass is 35.5. The van der Waals surface area contributed by atoms with E-state index in [-0.39, 0.29) is 0 Å². The van der Waals surface area contributed by atoms with Crippen molar-refractivity contribution in [2.75, 3.05) is 0 Å². The van der Waals surface area contributed by atoms with Crippen LogP contribution in [-0.4, -0.2) is 21.0 Å². The van der Waals surface area contributed by atoms with Crippen LogP contribution >= 0.6 is 11.6 Å². The Morgan fingerprint density at radius 2 is 1.94 bits per heavy atom. The summed E-state index contributed by atoms with van der Waals surface area (Å²) in [5, 5.41) is 9.58. The van der Waals surface area contributed by atoms with Crippen molar-refractivity contribution < 1.29 is 9.90 Å². The summed E-state index contributed by atoms with van der Waals surface area (Å²) in [4.78, 5) is 19.1. The molecule has 0 aliphatic carbocycles. The maximum Gasteiger partial charge on any atom is 0.313 e. The number of aliphatic carboxylic acids is 1. The van der Waals surface area contributed by atoms with Gasteiger partial charge < -0.3 is 5.11 Å². The van der Waals surface area contributed by atoms with Crippen molar-refractivity contribution in [3.8, 4) is 11.3 Å². The van der Waals surface area contributed by atoms with Gasteiger partial charge in [-0.15, -0.1) is 0 Å². The Bertz CT molecular complexity index is 569. The number of benzene rings is 1. The molecule has 0 saturated carbocycles. The summed E-state index contributed by atoms with van der Waals surface area (Å²) >= 11 is 5.81. The largest absolute Gasteiger partial charge is 0.481 e. The molecule has 0 aliphatic rings. The Kier molecular flexibility index (Phi) is 3.58. The molecule has 0 saturated heterocycles. The highest BCUT2D eigenvalue weighted by Gasteiger charge is 2.17. The predicted octanol–water partition coefficient (Wildman–Crippen LogP) is 2.99. The lowest BCUT2D eigenvalue weighted by atomic mass is 10.1. The first kappa shape index (κ1) is 12.5. The van der Waals surface area contributed by atoms with Gasteiger partial charge in [0.15, 0.2) is 0 Å². The zero-order chi connectivity index (χ0) is 13.1. The van der Waals surface area contributed by atoms with Crippen molar-refractivity contribution in [1.29, 1.82) is 0 Å². The molecule has 18 heavy (non-hydrogen) atoms. The maximum atomic E-state index is 10.9. The lowest BCUT2D eigenvalue weighted by molar-refractivity contribution is -0.138. The molecule has 92 valence electrons. The van der Waals surface area contributed by atoms with Crippen molar-refractivity contribution in [1.82, 2.24) is 9.97 Å². The van der Waals surface area contributed by atoms with Gasteiger partial charge in [-0.1, -0.05) is 23.7 Å². The van der Waals surface area contributed by atoms with Gasteiger partial charge in [0.25, 0.3) is 0 Å². The standard InChI is InChI=1S/C13H11ClN2O2/c1-8(13(17)18)12-15-7-6-11(16-12)9-2-4-10(14)5-3-9/h2-8H,1H3,(H,17,18).